The lowest BCUT2D eigenvalue weighted by Gasteiger charge is -2.20. The first-order valence-corrected chi connectivity index (χ1v) is 6.28. The minimum absolute atomic E-state index is 0.0485. The standard InChI is InChI=1S/C10H20BrNO3/c1-3-5-12(6-4-11)10(13)9-15-8-7-14-2/h3-9H2,1-2H3. The summed E-state index contributed by atoms with van der Waals surface area (Å²) in [6, 6.07) is 0. The van der Waals surface area contributed by atoms with Gasteiger partial charge in [-0.2, -0.15) is 0 Å². The number of hydrogen-bond acceptors (Lipinski definition) is 3. The van der Waals surface area contributed by atoms with Gasteiger partial charge in [0, 0.05) is 25.5 Å². The zero-order valence-electron chi connectivity index (χ0n) is 9.50. The number of hydrogen-bond donors (Lipinski definition) is 0. The van der Waals surface area contributed by atoms with Crippen molar-refractivity contribution in [1.82, 2.24) is 4.90 Å². The molecule has 4 nitrogen and oxygen atoms in total. The lowest BCUT2D eigenvalue weighted by molar-refractivity contribution is -0.136. The van der Waals surface area contributed by atoms with Crippen molar-refractivity contribution in [3.8, 4) is 0 Å². The normalized spacial score (nSPS) is 10.3. The summed E-state index contributed by atoms with van der Waals surface area (Å²) in [5.41, 5.74) is 0. The van der Waals surface area contributed by atoms with E-state index >= 15 is 0 Å². The van der Waals surface area contributed by atoms with Crippen LogP contribution in [0.15, 0.2) is 0 Å². The third-order valence-electron chi connectivity index (χ3n) is 1.86. The quantitative estimate of drug-likeness (QED) is 0.472. The number of carbonyl (C=O) groups is 1. The SMILES string of the molecule is CCCN(CCBr)C(=O)COCCOC. The van der Waals surface area contributed by atoms with Gasteiger partial charge in [-0.05, 0) is 6.42 Å². The largest absolute Gasteiger partial charge is 0.382 e. The maximum Gasteiger partial charge on any atom is 0.248 e. The number of ether oxygens (including phenoxy) is 2. The van der Waals surface area contributed by atoms with E-state index in [2.05, 4.69) is 22.9 Å². The highest BCUT2D eigenvalue weighted by Crippen LogP contribution is 1.96. The second kappa shape index (κ2) is 10.4. The van der Waals surface area contributed by atoms with Crippen LogP contribution in [0.3, 0.4) is 0 Å². The van der Waals surface area contributed by atoms with Crippen LogP contribution in [0.25, 0.3) is 0 Å². The lowest BCUT2D eigenvalue weighted by atomic mass is 10.4. The van der Waals surface area contributed by atoms with Gasteiger partial charge in [0.15, 0.2) is 0 Å². The Balaban J connectivity index is 3.70. The summed E-state index contributed by atoms with van der Waals surface area (Å²) < 4.78 is 10.00. The minimum Gasteiger partial charge on any atom is -0.382 e. The summed E-state index contributed by atoms with van der Waals surface area (Å²) in [7, 11) is 1.61. The van der Waals surface area contributed by atoms with E-state index in [-0.39, 0.29) is 12.5 Å². The Labute approximate surface area is 100 Å². The molecule has 0 aromatic carbocycles. The van der Waals surface area contributed by atoms with E-state index in [1.807, 2.05) is 4.90 Å². The smallest absolute Gasteiger partial charge is 0.248 e. The lowest BCUT2D eigenvalue weighted by Crippen LogP contribution is -2.36. The summed E-state index contributed by atoms with van der Waals surface area (Å²) in [5, 5.41) is 0.802. The fourth-order valence-electron chi connectivity index (χ4n) is 1.13. The maximum atomic E-state index is 11.6. The minimum atomic E-state index is 0.0485. The molecule has 0 rings (SSSR count). The van der Waals surface area contributed by atoms with E-state index in [4.69, 9.17) is 9.47 Å². The first-order chi connectivity index (χ1) is 7.26. The monoisotopic (exact) mass is 281 g/mol. The van der Waals surface area contributed by atoms with Crippen molar-refractivity contribution in [3.05, 3.63) is 0 Å². The second-order valence-corrected chi connectivity index (χ2v) is 3.91. The highest BCUT2D eigenvalue weighted by atomic mass is 79.9. The molecule has 0 saturated carbocycles. The number of methoxy groups -OCH3 is 1. The van der Waals surface area contributed by atoms with Crippen LogP contribution in [0, 0.1) is 0 Å². The van der Waals surface area contributed by atoms with Gasteiger partial charge in [0.2, 0.25) is 5.91 Å². The van der Waals surface area contributed by atoms with E-state index in [0.717, 1.165) is 24.8 Å². The van der Waals surface area contributed by atoms with E-state index < -0.39 is 0 Å². The van der Waals surface area contributed by atoms with Crippen LogP contribution in [-0.2, 0) is 14.3 Å². The van der Waals surface area contributed by atoms with E-state index in [1.54, 1.807) is 7.11 Å². The average molecular weight is 282 g/mol. The van der Waals surface area contributed by atoms with Crippen molar-refractivity contribution in [1.29, 1.82) is 0 Å². The molecule has 0 aliphatic heterocycles. The molecular formula is C10H20BrNO3. The average Bonchev–Trinajstić information content (AvgIpc) is 2.24. The van der Waals surface area contributed by atoms with Crippen LogP contribution < -0.4 is 0 Å². The predicted molar refractivity (Wildman–Crippen MR) is 63.4 cm³/mol. The van der Waals surface area contributed by atoms with Gasteiger partial charge in [-0.1, -0.05) is 22.9 Å². The molecule has 0 saturated heterocycles. The summed E-state index contributed by atoms with van der Waals surface area (Å²) in [4.78, 5) is 13.4. The number of alkyl halides is 1. The molecule has 0 unspecified atom stereocenters. The Bertz CT molecular complexity index is 161. The number of nitrogens with zero attached hydrogens (tertiary/aromatic N) is 1. The molecule has 90 valence electrons. The van der Waals surface area contributed by atoms with Crippen molar-refractivity contribution in [2.24, 2.45) is 0 Å². The highest BCUT2D eigenvalue weighted by molar-refractivity contribution is 9.09. The molecule has 0 atom stereocenters. The maximum absolute atomic E-state index is 11.6. The van der Waals surface area contributed by atoms with Crippen LogP contribution in [0.2, 0.25) is 0 Å². The molecule has 0 aliphatic carbocycles. The van der Waals surface area contributed by atoms with Gasteiger partial charge in [0.1, 0.15) is 6.61 Å². The molecule has 0 radical (unpaired) electrons. The van der Waals surface area contributed by atoms with Gasteiger partial charge in [-0.3, -0.25) is 4.79 Å². The first kappa shape index (κ1) is 14.9. The van der Waals surface area contributed by atoms with Crippen molar-refractivity contribution < 1.29 is 14.3 Å². The molecule has 0 spiro atoms. The second-order valence-electron chi connectivity index (χ2n) is 3.12. The molecule has 1 amide bonds. The third-order valence-corrected chi connectivity index (χ3v) is 2.21. The zero-order valence-corrected chi connectivity index (χ0v) is 11.1. The Kier molecular flexibility index (Phi) is 10.3. The Morgan fingerprint density at radius 2 is 2.07 bits per heavy atom. The Hall–Kier alpha value is -0.130. The fourth-order valence-corrected chi connectivity index (χ4v) is 1.55. The highest BCUT2D eigenvalue weighted by Gasteiger charge is 2.11. The predicted octanol–water partition coefficient (Wildman–Crippen LogP) is 1.28. The molecule has 0 heterocycles. The topological polar surface area (TPSA) is 38.8 Å². The van der Waals surface area contributed by atoms with Crippen molar-refractivity contribution >= 4 is 21.8 Å². The molecule has 0 aliphatic rings. The van der Waals surface area contributed by atoms with Crippen LogP contribution in [0.1, 0.15) is 13.3 Å². The van der Waals surface area contributed by atoms with Gasteiger partial charge >= 0.3 is 0 Å². The summed E-state index contributed by atoms with van der Waals surface area (Å²) in [5.74, 6) is 0.0485. The fraction of sp³-hybridized carbons (Fsp3) is 0.900. The van der Waals surface area contributed by atoms with Gasteiger partial charge in [-0.15, -0.1) is 0 Å². The number of rotatable bonds is 9. The Morgan fingerprint density at radius 1 is 1.33 bits per heavy atom. The van der Waals surface area contributed by atoms with Gasteiger partial charge in [0.25, 0.3) is 0 Å². The van der Waals surface area contributed by atoms with Crippen molar-refractivity contribution in [2.45, 2.75) is 13.3 Å². The number of carbonyl (C=O) groups excluding carboxylic acids is 1. The van der Waals surface area contributed by atoms with Gasteiger partial charge in [-0.25, -0.2) is 0 Å². The molecule has 15 heavy (non-hydrogen) atoms. The molecule has 0 N–H and O–H groups in total. The third kappa shape index (κ3) is 7.76. The molecule has 0 bridgehead atoms. The van der Waals surface area contributed by atoms with E-state index in [9.17, 15) is 4.79 Å². The Morgan fingerprint density at radius 3 is 2.60 bits per heavy atom. The molecular weight excluding hydrogens is 262 g/mol. The number of amides is 1. The van der Waals surface area contributed by atoms with Crippen molar-refractivity contribution in [3.63, 3.8) is 0 Å². The van der Waals surface area contributed by atoms with Crippen LogP contribution >= 0.6 is 15.9 Å². The molecule has 5 heteroatoms. The van der Waals surface area contributed by atoms with E-state index in [1.165, 1.54) is 0 Å². The molecule has 0 aromatic rings. The van der Waals surface area contributed by atoms with Crippen LogP contribution in [-0.4, -0.2) is 56.2 Å². The van der Waals surface area contributed by atoms with E-state index in [0.29, 0.717) is 13.2 Å². The van der Waals surface area contributed by atoms with Crippen molar-refractivity contribution in [2.75, 3.05) is 45.4 Å². The number of halogens is 1. The summed E-state index contributed by atoms with van der Waals surface area (Å²) in [6.07, 6.45) is 0.969. The summed E-state index contributed by atoms with van der Waals surface area (Å²) in [6.45, 7) is 4.73. The molecule has 0 aromatic heterocycles. The van der Waals surface area contributed by atoms with Gasteiger partial charge < -0.3 is 14.4 Å². The molecule has 0 fully saturated rings. The van der Waals surface area contributed by atoms with Crippen LogP contribution in [0.5, 0.6) is 0 Å². The van der Waals surface area contributed by atoms with Gasteiger partial charge in [0.05, 0.1) is 13.2 Å². The van der Waals surface area contributed by atoms with Crippen LogP contribution in [0.4, 0.5) is 0 Å². The first-order valence-electron chi connectivity index (χ1n) is 5.16. The summed E-state index contributed by atoms with van der Waals surface area (Å²) >= 11 is 3.33. The zero-order chi connectivity index (χ0) is 11.5.